The monoisotopic (exact) mass is 404 g/mol. The Bertz CT molecular complexity index is 678. The van der Waals surface area contributed by atoms with E-state index in [0.29, 0.717) is 24.2 Å². The lowest BCUT2D eigenvalue weighted by molar-refractivity contribution is -0.118. The Kier molecular flexibility index (Phi) is 6.37. The summed E-state index contributed by atoms with van der Waals surface area (Å²) in [5.41, 5.74) is 1.05. The van der Waals surface area contributed by atoms with E-state index in [1.807, 2.05) is 18.2 Å². The van der Waals surface area contributed by atoms with Gasteiger partial charge in [-0.15, -0.1) is 0 Å². The number of hydrogen-bond donors (Lipinski definition) is 0. The highest BCUT2D eigenvalue weighted by molar-refractivity contribution is 6.74. The van der Waals surface area contributed by atoms with Gasteiger partial charge in [-0.05, 0) is 48.9 Å². The average molecular weight is 405 g/mol. The Morgan fingerprint density at radius 3 is 2.29 bits per heavy atom. The molecule has 0 aromatic heterocycles. The molecule has 0 aliphatic heterocycles. The third kappa shape index (κ3) is 4.69. The summed E-state index contributed by atoms with van der Waals surface area (Å²) in [6.45, 7) is 11.9. The molecule has 2 aliphatic rings. The molecule has 4 atom stereocenters. The first-order chi connectivity index (χ1) is 13.1. The summed E-state index contributed by atoms with van der Waals surface area (Å²) in [5, 5.41) is 0.156. The second-order valence-corrected chi connectivity index (χ2v) is 14.8. The molecule has 156 valence electrons. The molecule has 0 heterocycles. The summed E-state index contributed by atoms with van der Waals surface area (Å²) in [7, 11) is -0.177. The van der Waals surface area contributed by atoms with Gasteiger partial charge in [0.15, 0.2) is 8.32 Å². The van der Waals surface area contributed by atoms with Crippen molar-refractivity contribution in [1.29, 1.82) is 0 Å². The highest BCUT2D eigenvalue weighted by Gasteiger charge is 2.43. The number of ketones is 1. The fourth-order valence-corrected chi connectivity index (χ4v) is 5.30. The van der Waals surface area contributed by atoms with Crippen LogP contribution in [0.4, 0.5) is 0 Å². The minimum atomic E-state index is -1.88. The van der Waals surface area contributed by atoms with Crippen molar-refractivity contribution in [2.24, 2.45) is 11.8 Å². The fraction of sp³-hybridized carbons (Fsp3) is 0.696. The largest absolute Gasteiger partial charge is 0.496 e. The fourth-order valence-electron chi connectivity index (χ4n) is 4.30. The molecule has 0 radical (unpaired) electrons. The zero-order valence-electron chi connectivity index (χ0n) is 18.3. The van der Waals surface area contributed by atoms with Gasteiger partial charge in [0.05, 0.1) is 19.8 Å². The third-order valence-electron chi connectivity index (χ3n) is 7.02. The first kappa shape index (κ1) is 21.5. The van der Waals surface area contributed by atoms with Crippen molar-refractivity contribution in [3.63, 3.8) is 0 Å². The van der Waals surface area contributed by atoms with Crippen LogP contribution >= 0.6 is 0 Å². The molecule has 5 heteroatoms. The molecule has 2 fully saturated rings. The quantitative estimate of drug-likeness (QED) is 0.560. The van der Waals surface area contributed by atoms with Crippen molar-refractivity contribution in [3.05, 3.63) is 29.8 Å². The van der Waals surface area contributed by atoms with Gasteiger partial charge < -0.3 is 13.9 Å². The topological polar surface area (TPSA) is 44.8 Å². The van der Waals surface area contributed by atoms with Gasteiger partial charge in [-0.3, -0.25) is 4.79 Å². The highest BCUT2D eigenvalue weighted by Crippen LogP contribution is 2.45. The molecule has 1 aromatic carbocycles. The molecule has 28 heavy (non-hydrogen) atoms. The molecular weight excluding hydrogens is 368 g/mol. The van der Waals surface area contributed by atoms with Crippen molar-refractivity contribution in [2.45, 2.75) is 76.8 Å². The number of carbonyl (C=O) groups is 1. The van der Waals surface area contributed by atoms with Gasteiger partial charge in [0.1, 0.15) is 17.6 Å². The van der Waals surface area contributed by atoms with Gasteiger partial charge in [-0.1, -0.05) is 39.0 Å². The maximum atomic E-state index is 11.7. The minimum absolute atomic E-state index is 0.148. The molecule has 0 bridgehead atoms. The molecule has 2 unspecified atom stereocenters. The Morgan fingerprint density at radius 1 is 1.11 bits per heavy atom. The zero-order valence-corrected chi connectivity index (χ0v) is 19.3. The number of benzene rings is 1. The van der Waals surface area contributed by atoms with Crippen LogP contribution < -0.4 is 4.74 Å². The number of Topliss-reactive ketones (excluding diaryl/α,β-unsaturated/α-hetero) is 1. The zero-order chi connectivity index (χ0) is 20.5. The number of hydrogen-bond acceptors (Lipinski definition) is 4. The molecule has 0 saturated heterocycles. The van der Waals surface area contributed by atoms with Crippen molar-refractivity contribution in [1.82, 2.24) is 0 Å². The summed E-state index contributed by atoms with van der Waals surface area (Å²) in [6.07, 6.45) is 3.50. The average Bonchev–Trinajstić information content (AvgIpc) is 3.14. The lowest BCUT2D eigenvalue weighted by Gasteiger charge is -2.37. The molecule has 0 spiro atoms. The van der Waals surface area contributed by atoms with Crippen molar-refractivity contribution in [2.75, 3.05) is 13.7 Å². The number of para-hydroxylation sites is 1. The first-order valence-electron chi connectivity index (χ1n) is 10.5. The van der Waals surface area contributed by atoms with Gasteiger partial charge in [0.25, 0.3) is 0 Å². The van der Waals surface area contributed by atoms with E-state index in [9.17, 15) is 4.79 Å². The van der Waals surface area contributed by atoms with Gasteiger partial charge in [0.2, 0.25) is 0 Å². The van der Waals surface area contributed by atoms with Crippen LogP contribution in [-0.2, 0) is 14.0 Å². The number of carbonyl (C=O) groups excluding carboxylic acids is 1. The highest BCUT2D eigenvalue weighted by atomic mass is 28.4. The van der Waals surface area contributed by atoms with Crippen molar-refractivity contribution >= 4 is 14.1 Å². The summed E-state index contributed by atoms with van der Waals surface area (Å²) in [4.78, 5) is 11.7. The van der Waals surface area contributed by atoms with E-state index >= 15 is 0 Å². The summed E-state index contributed by atoms with van der Waals surface area (Å²) < 4.78 is 18.8. The second-order valence-electron chi connectivity index (χ2n) is 10.00. The van der Waals surface area contributed by atoms with Crippen LogP contribution in [0.15, 0.2) is 24.3 Å². The van der Waals surface area contributed by atoms with Crippen molar-refractivity contribution < 1.29 is 18.7 Å². The molecule has 1 aromatic rings. The molecule has 3 rings (SSSR count). The number of methoxy groups -OCH3 is 1. The Hall–Kier alpha value is -1.17. The van der Waals surface area contributed by atoms with Crippen LogP contribution in [0.25, 0.3) is 0 Å². The lowest BCUT2D eigenvalue weighted by Crippen LogP contribution is -2.42. The minimum Gasteiger partial charge on any atom is -0.496 e. The Balaban J connectivity index is 1.75. The van der Waals surface area contributed by atoms with Crippen LogP contribution in [0.5, 0.6) is 5.75 Å². The first-order valence-corrected chi connectivity index (χ1v) is 13.5. The predicted octanol–water partition coefficient (Wildman–Crippen LogP) is 5.53. The predicted molar refractivity (Wildman–Crippen MR) is 114 cm³/mol. The Labute approximate surface area is 171 Å². The second kappa shape index (κ2) is 8.29. The standard InChI is InChI=1S/C23H36O4Si/c1-23(2,3)28(5,6)26-15-22(20-9-7-8-10-21(20)25-4)27-19-13-16-11-18(24)12-17(16)14-19/h7-10,16-17,19,22H,11-15H2,1-6H3/t16-,17+,19?,22?. The van der Waals surface area contributed by atoms with Gasteiger partial charge in [-0.2, -0.15) is 0 Å². The molecule has 0 N–H and O–H groups in total. The third-order valence-corrected chi connectivity index (χ3v) is 11.5. The summed E-state index contributed by atoms with van der Waals surface area (Å²) in [5.74, 6) is 2.30. The van der Waals surface area contributed by atoms with Gasteiger partial charge >= 0.3 is 0 Å². The van der Waals surface area contributed by atoms with E-state index in [4.69, 9.17) is 13.9 Å². The van der Waals surface area contributed by atoms with Gasteiger partial charge in [-0.25, -0.2) is 0 Å². The van der Waals surface area contributed by atoms with E-state index in [2.05, 4.69) is 39.9 Å². The molecule has 2 saturated carbocycles. The Morgan fingerprint density at radius 2 is 1.71 bits per heavy atom. The van der Waals surface area contributed by atoms with E-state index in [1.54, 1.807) is 7.11 Å². The van der Waals surface area contributed by atoms with Crippen LogP contribution in [0.2, 0.25) is 18.1 Å². The van der Waals surface area contributed by atoms with Crippen LogP contribution in [0.3, 0.4) is 0 Å². The number of ether oxygens (including phenoxy) is 2. The summed E-state index contributed by atoms with van der Waals surface area (Å²) in [6, 6.07) is 8.08. The maximum Gasteiger partial charge on any atom is 0.192 e. The summed E-state index contributed by atoms with van der Waals surface area (Å²) >= 11 is 0. The van der Waals surface area contributed by atoms with E-state index in [-0.39, 0.29) is 17.2 Å². The lowest BCUT2D eigenvalue weighted by atomic mass is 10.0. The SMILES string of the molecule is COc1ccccc1C(CO[Si](C)(C)C(C)(C)C)OC1C[C@H]2CC(=O)C[C@H]2C1. The van der Waals surface area contributed by atoms with E-state index in [0.717, 1.165) is 37.0 Å². The number of rotatable bonds is 7. The van der Waals surface area contributed by atoms with Crippen LogP contribution in [-0.4, -0.2) is 33.9 Å². The maximum absolute atomic E-state index is 11.7. The van der Waals surface area contributed by atoms with Crippen LogP contribution in [0.1, 0.15) is 58.1 Å². The molecule has 2 aliphatic carbocycles. The number of fused-ring (bicyclic) bond motifs is 1. The smallest absolute Gasteiger partial charge is 0.192 e. The molecule has 4 nitrogen and oxygen atoms in total. The van der Waals surface area contributed by atoms with Crippen LogP contribution in [0, 0.1) is 11.8 Å². The normalized spacial score (nSPS) is 26.4. The van der Waals surface area contributed by atoms with E-state index in [1.165, 1.54) is 0 Å². The molecular formula is C23H36O4Si. The van der Waals surface area contributed by atoms with E-state index < -0.39 is 8.32 Å². The molecule has 0 amide bonds. The van der Waals surface area contributed by atoms with Crippen molar-refractivity contribution in [3.8, 4) is 5.75 Å². The van der Waals surface area contributed by atoms with Gasteiger partial charge in [0, 0.05) is 18.4 Å².